The van der Waals surface area contributed by atoms with Gasteiger partial charge >= 0.3 is 58.4 Å². The zero-order valence-electron chi connectivity index (χ0n) is 6.21. The van der Waals surface area contributed by atoms with Gasteiger partial charge in [0.2, 0.25) is 0 Å². The molecule has 0 aliphatic rings. The van der Waals surface area contributed by atoms with E-state index in [2.05, 4.69) is 0 Å². The van der Waals surface area contributed by atoms with Gasteiger partial charge in [0, 0.05) is 0 Å². The molecule has 0 spiro atoms. The third-order valence-corrected chi connectivity index (χ3v) is 0.982. The van der Waals surface area contributed by atoms with Crippen molar-refractivity contribution in [3.8, 4) is 0 Å². The van der Waals surface area contributed by atoms with Gasteiger partial charge in [0.1, 0.15) is 0 Å². The Kier molecular flexibility index (Phi) is 5.48. The van der Waals surface area contributed by atoms with Crippen LogP contribution in [0, 0.1) is 0 Å². The van der Waals surface area contributed by atoms with Crippen molar-refractivity contribution in [1.29, 1.82) is 0 Å². The zero-order valence-corrected chi connectivity index (χ0v) is 9.33. The maximum absolute atomic E-state index is 11.6. The first-order valence-electron chi connectivity index (χ1n) is 2.44. The number of rotatable bonds is 0. The molecule has 0 amide bonds. The fourth-order valence-electron chi connectivity index (χ4n) is 0. The Morgan fingerprint density at radius 2 is 1.11 bits per heavy atom. The summed E-state index contributed by atoms with van der Waals surface area (Å²) >= 11 is 0. The zero-order chi connectivity index (χ0) is 7.00. The standard InChI is InChI=1S/C4H9BF3.K/c1-4(2,3)5(6,7)8;/h1-3H3;/q-1;+1. The van der Waals surface area contributed by atoms with Crippen molar-refractivity contribution in [3.63, 3.8) is 0 Å². The average molecular weight is 164 g/mol. The number of halogens is 3. The van der Waals surface area contributed by atoms with Crippen LogP contribution in [-0.2, 0) is 0 Å². The molecule has 0 aromatic heterocycles. The molecule has 5 heteroatoms. The fourth-order valence-corrected chi connectivity index (χ4v) is 0. The normalized spacial score (nSPS) is 12.7. The topological polar surface area (TPSA) is 0 Å². The molecule has 0 N–H and O–H groups in total. The first-order valence-corrected chi connectivity index (χ1v) is 2.44. The van der Waals surface area contributed by atoms with Gasteiger partial charge < -0.3 is 12.9 Å². The van der Waals surface area contributed by atoms with Gasteiger partial charge in [-0.2, -0.15) is 0 Å². The molecule has 0 bridgehead atoms. The predicted molar refractivity (Wildman–Crippen MR) is 28.8 cm³/mol. The van der Waals surface area contributed by atoms with Crippen molar-refractivity contribution in [3.05, 3.63) is 0 Å². The monoisotopic (exact) mass is 164 g/mol. The van der Waals surface area contributed by atoms with E-state index in [1.807, 2.05) is 0 Å². The molecule has 0 aliphatic heterocycles. The summed E-state index contributed by atoms with van der Waals surface area (Å²) in [4.78, 5) is 0. The molecule has 0 saturated heterocycles. The van der Waals surface area contributed by atoms with Crippen molar-refractivity contribution in [2.45, 2.75) is 26.1 Å². The Morgan fingerprint density at radius 1 is 1.00 bits per heavy atom. The van der Waals surface area contributed by atoms with Crippen LogP contribution < -0.4 is 51.4 Å². The molecule has 0 saturated carbocycles. The number of hydrogen-bond acceptors (Lipinski definition) is 0. The molecule has 0 aromatic carbocycles. The smallest absolute Gasteiger partial charge is 0.449 e. The minimum Gasteiger partial charge on any atom is -0.449 e. The Balaban J connectivity index is 0. The van der Waals surface area contributed by atoms with Crippen LogP contribution in [0.3, 0.4) is 0 Å². The number of hydrogen-bond donors (Lipinski definition) is 0. The van der Waals surface area contributed by atoms with E-state index in [-0.39, 0.29) is 51.4 Å². The molecule has 0 aromatic rings. The van der Waals surface area contributed by atoms with Gasteiger partial charge in [-0.3, -0.25) is 0 Å². The Bertz CT molecular complexity index is 70.8. The van der Waals surface area contributed by atoms with Crippen LogP contribution in [-0.4, -0.2) is 6.98 Å². The van der Waals surface area contributed by atoms with E-state index in [1.165, 1.54) is 20.8 Å². The SMILES string of the molecule is CC(C)(C)[B-](F)(F)F.[K+]. The molecule has 0 aliphatic carbocycles. The molecule has 0 rings (SSSR count). The molecule has 9 heavy (non-hydrogen) atoms. The fraction of sp³-hybridized carbons (Fsp3) is 1.00. The van der Waals surface area contributed by atoms with Crippen LogP contribution in [0.4, 0.5) is 12.9 Å². The maximum Gasteiger partial charge on any atom is 1.00 e. The Morgan fingerprint density at radius 3 is 1.11 bits per heavy atom. The van der Waals surface area contributed by atoms with E-state index in [1.54, 1.807) is 0 Å². The predicted octanol–water partition coefficient (Wildman–Crippen LogP) is -0.362. The summed E-state index contributed by atoms with van der Waals surface area (Å²) < 4.78 is 34.9. The van der Waals surface area contributed by atoms with Gasteiger partial charge in [-0.05, 0) is 0 Å². The van der Waals surface area contributed by atoms with Gasteiger partial charge in [0.25, 0.3) is 0 Å². The average Bonchev–Trinajstić information content (AvgIpc) is 1.25. The molecular formula is C4H9BF3K. The van der Waals surface area contributed by atoms with E-state index in [0.717, 1.165) is 0 Å². The molecule has 0 atom stereocenters. The molecule has 0 nitrogen and oxygen atoms in total. The van der Waals surface area contributed by atoms with Crippen molar-refractivity contribution in [2.24, 2.45) is 0 Å². The van der Waals surface area contributed by atoms with Crippen LogP contribution >= 0.6 is 0 Å². The first-order chi connectivity index (χ1) is 3.25. The van der Waals surface area contributed by atoms with Crippen LogP contribution in [0.15, 0.2) is 0 Å². The second-order valence-electron chi connectivity index (χ2n) is 2.94. The second kappa shape index (κ2) is 3.76. The van der Waals surface area contributed by atoms with Crippen LogP contribution in [0.1, 0.15) is 20.8 Å². The van der Waals surface area contributed by atoms with Gasteiger partial charge in [-0.25, -0.2) is 0 Å². The quantitative estimate of drug-likeness (QED) is 0.429. The largest absolute Gasteiger partial charge is 1.00 e. The summed E-state index contributed by atoms with van der Waals surface area (Å²) in [6.45, 7) is -1.13. The molecule has 0 unspecified atom stereocenters. The van der Waals surface area contributed by atoms with Gasteiger partial charge in [0.15, 0.2) is 0 Å². The molecule has 0 fully saturated rings. The maximum atomic E-state index is 11.6. The van der Waals surface area contributed by atoms with Crippen molar-refractivity contribution in [1.82, 2.24) is 0 Å². The van der Waals surface area contributed by atoms with E-state index >= 15 is 0 Å². The Labute approximate surface area is 96.1 Å². The molecular weight excluding hydrogens is 155 g/mol. The molecule has 0 heterocycles. The molecule has 50 valence electrons. The Hall–Kier alpha value is 1.49. The van der Waals surface area contributed by atoms with E-state index in [9.17, 15) is 12.9 Å². The summed E-state index contributed by atoms with van der Waals surface area (Å²) in [6, 6.07) is 0. The van der Waals surface area contributed by atoms with E-state index in [0.29, 0.717) is 0 Å². The summed E-state index contributed by atoms with van der Waals surface area (Å²) in [7, 11) is 0. The van der Waals surface area contributed by atoms with Crippen molar-refractivity contribution >= 4 is 6.98 Å². The second-order valence-corrected chi connectivity index (χ2v) is 2.94. The minimum absolute atomic E-state index is 0. The summed E-state index contributed by atoms with van der Waals surface area (Å²) in [5, 5.41) is -1.50. The van der Waals surface area contributed by atoms with Crippen LogP contribution in [0.5, 0.6) is 0 Å². The third-order valence-electron chi connectivity index (χ3n) is 0.982. The molecule has 0 radical (unpaired) electrons. The van der Waals surface area contributed by atoms with Crippen LogP contribution in [0.2, 0.25) is 5.31 Å². The van der Waals surface area contributed by atoms with E-state index < -0.39 is 12.3 Å². The van der Waals surface area contributed by atoms with Gasteiger partial charge in [-0.1, -0.05) is 26.1 Å². The van der Waals surface area contributed by atoms with Gasteiger partial charge in [-0.15, -0.1) is 0 Å². The summed E-state index contributed by atoms with van der Waals surface area (Å²) in [6.07, 6.45) is 0. The van der Waals surface area contributed by atoms with E-state index in [4.69, 9.17) is 0 Å². The van der Waals surface area contributed by atoms with Crippen molar-refractivity contribution < 1.29 is 64.3 Å². The van der Waals surface area contributed by atoms with Gasteiger partial charge in [0.05, 0.1) is 0 Å². The van der Waals surface area contributed by atoms with Crippen LogP contribution in [0.25, 0.3) is 0 Å². The van der Waals surface area contributed by atoms with Crippen molar-refractivity contribution in [2.75, 3.05) is 0 Å². The summed E-state index contributed by atoms with van der Waals surface area (Å²) in [5.41, 5.74) is 0. The first kappa shape index (κ1) is 13.1. The minimum atomic E-state index is -4.65. The third kappa shape index (κ3) is 4.84. The summed E-state index contributed by atoms with van der Waals surface area (Å²) in [5.74, 6) is 0.